The Morgan fingerprint density at radius 1 is 1.26 bits per heavy atom. The minimum atomic E-state index is -0.887. The van der Waals surface area contributed by atoms with Gasteiger partial charge in [0.05, 0.1) is 6.42 Å². The summed E-state index contributed by atoms with van der Waals surface area (Å²) in [6.45, 7) is 6.58. The first kappa shape index (κ1) is 18.1. The third-order valence-corrected chi connectivity index (χ3v) is 3.35. The van der Waals surface area contributed by atoms with Crippen molar-refractivity contribution in [2.45, 2.75) is 45.6 Å². The van der Waals surface area contributed by atoms with Gasteiger partial charge in [-0.15, -0.1) is 0 Å². The smallest absolute Gasteiger partial charge is 0.317 e. The number of unbranched alkanes of at least 4 members (excludes halogenated alkanes) is 1. The first-order chi connectivity index (χ1) is 8.79. The first-order valence-corrected chi connectivity index (χ1v) is 7.94. The van der Waals surface area contributed by atoms with Crippen LogP contribution in [0.5, 0.6) is 0 Å². The monoisotopic (exact) mass is 290 g/mol. The lowest BCUT2D eigenvalue weighted by molar-refractivity contribution is -0.137. The molecule has 0 spiro atoms. The number of carbonyl (C=O) groups is 2. The molecule has 0 aromatic carbocycles. The normalized spacial score (nSPS) is 11.2. The third-order valence-electron chi connectivity index (χ3n) is 2.66. The van der Waals surface area contributed by atoms with Gasteiger partial charge < -0.3 is 15.3 Å². The topological polar surface area (TPSA) is 69.6 Å². The molecular formula is C13H26N2O3S. The molecule has 112 valence electrons. The molecule has 0 aliphatic carbocycles. The summed E-state index contributed by atoms with van der Waals surface area (Å²) in [7, 11) is 0. The maximum Gasteiger partial charge on any atom is 0.317 e. The van der Waals surface area contributed by atoms with Crippen LogP contribution in [-0.2, 0) is 4.79 Å². The minimum Gasteiger partial charge on any atom is -0.481 e. The SMILES string of the molecule is CSCCCCNC(=O)N(CCC(=O)O)C(C)(C)C. The molecule has 0 unspecified atom stereocenters. The van der Waals surface area contributed by atoms with E-state index in [-0.39, 0.29) is 24.5 Å². The fourth-order valence-electron chi connectivity index (χ4n) is 1.61. The Morgan fingerprint density at radius 3 is 2.37 bits per heavy atom. The predicted octanol–water partition coefficient (Wildman–Crippen LogP) is 2.41. The Kier molecular flexibility index (Phi) is 8.63. The van der Waals surface area contributed by atoms with E-state index in [1.165, 1.54) is 0 Å². The molecule has 2 N–H and O–H groups in total. The number of nitrogens with one attached hydrogen (secondary N) is 1. The van der Waals surface area contributed by atoms with Crippen LogP contribution in [0.15, 0.2) is 0 Å². The van der Waals surface area contributed by atoms with Crippen molar-refractivity contribution >= 4 is 23.8 Å². The van der Waals surface area contributed by atoms with Crippen molar-refractivity contribution in [2.75, 3.05) is 25.1 Å². The molecule has 0 heterocycles. The Labute approximate surface area is 120 Å². The average Bonchev–Trinajstić information content (AvgIpc) is 2.26. The van der Waals surface area contributed by atoms with Crippen molar-refractivity contribution in [2.24, 2.45) is 0 Å². The highest BCUT2D eigenvalue weighted by Crippen LogP contribution is 2.14. The van der Waals surface area contributed by atoms with Gasteiger partial charge in [-0.2, -0.15) is 11.8 Å². The summed E-state index contributed by atoms with van der Waals surface area (Å²) < 4.78 is 0. The van der Waals surface area contributed by atoms with Gasteiger partial charge in [0, 0.05) is 18.6 Å². The Morgan fingerprint density at radius 2 is 1.89 bits per heavy atom. The van der Waals surface area contributed by atoms with Crippen LogP contribution >= 0.6 is 11.8 Å². The molecule has 6 heteroatoms. The number of nitrogens with zero attached hydrogens (tertiary/aromatic N) is 1. The number of thioether (sulfide) groups is 1. The quantitative estimate of drug-likeness (QED) is 0.674. The molecule has 19 heavy (non-hydrogen) atoms. The largest absolute Gasteiger partial charge is 0.481 e. The Bertz CT molecular complexity index is 290. The summed E-state index contributed by atoms with van der Waals surface area (Å²) in [5.74, 6) is 0.208. The van der Waals surface area contributed by atoms with Gasteiger partial charge in [0.15, 0.2) is 0 Å². The Balaban J connectivity index is 4.20. The van der Waals surface area contributed by atoms with Gasteiger partial charge in [-0.1, -0.05) is 0 Å². The molecule has 0 saturated heterocycles. The van der Waals surface area contributed by atoms with Crippen LogP contribution in [0.25, 0.3) is 0 Å². The van der Waals surface area contributed by atoms with Crippen LogP contribution < -0.4 is 5.32 Å². The third kappa shape index (κ3) is 8.75. The van der Waals surface area contributed by atoms with Gasteiger partial charge in [0.2, 0.25) is 0 Å². The summed E-state index contributed by atoms with van der Waals surface area (Å²) in [6, 6.07) is -0.182. The second kappa shape index (κ2) is 9.07. The zero-order valence-electron chi connectivity index (χ0n) is 12.4. The van der Waals surface area contributed by atoms with E-state index >= 15 is 0 Å². The lowest BCUT2D eigenvalue weighted by Gasteiger charge is -2.35. The molecular weight excluding hydrogens is 264 g/mol. The number of rotatable bonds is 8. The Hall–Kier alpha value is -0.910. The average molecular weight is 290 g/mol. The highest BCUT2D eigenvalue weighted by atomic mass is 32.2. The molecule has 0 aliphatic heterocycles. The van der Waals surface area contributed by atoms with E-state index < -0.39 is 5.97 Å². The number of carboxylic acids is 1. The molecule has 0 aliphatic rings. The number of amides is 2. The minimum absolute atomic E-state index is 0.0306. The van der Waals surface area contributed by atoms with E-state index in [2.05, 4.69) is 11.6 Å². The molecule has 0 rings (SSSR count). The fourth-order valence-corrected chi connectivity index (χ4v) is 2.10. The van der Waals surface area contributed by atoms with E-state index in [9.17, 15) is 9.59 Å². The maximum atomic E-state index is 12.1. The molecule has 0 radical (unpaired) electrons. The fraction of sp³-hybridized carbons (Fsp3) is 0.846. The number of hydrogen-bond acceptors (Lipinski definition) is 3. The van der Waals surface area contributed by atoms with Crippen LogP contribution in [0.3, 0.4) is 0 Å². The van der Waals surface area contributed by atoms with E-state index in [0.717, 1.165) is 18.6 Å². The summed E-state index contributed by atoms with van der Waals surface area (Å²) in [5, 5.41) is 11.6. The molecule has 0 saturated carbocycles. The van der Waals surface area contributed by atoms with Crippen LogP contribution in [0, 0.1) is 0 Å². The van der Waals surface area contributed by atoms with E-state index in [1.54, 1.807) is 16.7 Å². The number of hydrogen-bond donors (Lipinski definition) is 2. The second-order valence-electron chi connectivity index (χ2n) is 5.40. The van der Waals surface area contributed by atoms with E-state index in [4.69, 9.17) is 5.11 Å². The molecule has 0 fully saturated rings. The second-order valence-corrected chi connectivity index (χ2v) is 6.38. The van der Waals surface area contributed by atoms with Crippen molar-refractivity contribution in [1.82, 2.24) is 10.2 Å². The number of aliphatic carboxylic acids is 1. The number of urea groups is 1. The zero-order valence-corrected chi connectivity index (χ0v) is 13.2. The zero-order chi connectivity index (χ0) is 14.9. The maximum absolute atomic E-state index is 12.1. The van der Waals surface area contributed by atoms with E-state index in [1.807, 2.05) is 20.8 Å². The summed E-state index contributed by atoms with van der Waals surface area (Å²) in [6.07, 6.45) is 4.05. The van der Waals surface area contributed by atoms with Crippen molar-refractivity contribution in [3.05, 3.63) is 0 Å². The van der Waals surface area contributed by atoms with Crippen LogP contribution in [0.1, 0.15) is 40.0 Å². The van der Waals surface area contributed by atoms with Gasteiger partial charge in [-0.25, -0.2) is 4.79 Å². The van der Waals surface area contributed by atoms with Crippen LogP contribution in [0.4, 0.5) is 4.79 Å². The molecule has 0 aromatic heterocycles. The molecule has 0 bridgehead atoms. The molecule has 5 nitrogen and oxygen atoms in total. The standard InChI is InChI=1S/C13H26N2O3S/c1-13(2,3)15(9-7-11(16)17)12(18)14-8-5-6-10-19-4/h5-10H2,1-4H3,(H,14,18)(H,16,17). The lowest BCUT2D eigenvalue weighted by Crippen LogP contribution is -2.51. The molecule has 0 atom stereocenters. The highest BCUT2D eigenvalue weighted by molar-refractivity contribution is 7.98. The van der Waals surface area contributed by atoms with Gasteiger partial charge in [0.25, 0.3) is 0 Å². The van der Waals surface area contributed by atoms with Crippen LogP contribution in [0.2, 0.25) is 0 Å². The van der Waals surface area contributed by atoms with Gasteiger partial charge in [-0.3, -0.25) is 4.79 Å². The first-order valence-electron chi connectivity index (χ1n) is 6.55. The summed E-state index contributed by atoms with van der Waals surface area (Å²) in [4.78, 5) is 24.3. The number of carbonyl (C=O) groups excluding carboxylic acids is 1. The van der Waals surface area contributed by atoms with Crippen molar-refractivity contribution in [3.8, 4) is 0 Å². The number of carboxylic acid groups (broad SMARTS) is 1. The molecule has 2 amide bonds. The van der Waals surface area contributed by atoms with Crippen molar-refractivity contribution < 1.29 is 14.7 Å². The summed E-state index contributed by atoms with van der Waals surface area (Å²) >= 11 is 1.79. The predicted molar refractivity (Wildman–Crippen MR) is 79.7 cm³/mol. The van der Waals surface area contributed by atoms with Crippen molar-refractivity contribution in [3.63, 3.8) is 0 Å². The van der Waals surface area contributed by atoms with Gasteiger partial charge >= 0.3 is 12.0 Å². The van der Waals surface area contributed by atoms with Gasteiger partial charge in [-0.05, 0) is 45.6 Å². The lowest BCUT2D eigenvalue weighted by atomic mass is 10.1. The molecule has 0 aromatic rings. The van der Waals surface area contributed by atoms with Crippen LogP contribution in [-0.4, -0.2) is 52.6 Å². The van der Waals surface area contributed by atoms with E-state index in [0.29, 0.717) is 6.54 Å². The van der Waals surface area contributed by atoms with Gasteiger partial charge in [0.1, 0.15) is 0 Å². The van der Waals surface area contributed by atoms with Crippen molar-refractivity contribution in [1.29, 1.82) is 0 Å². The summed E-state index contributed by atoms with van der Waals surface area (Å²) in [5.41, 5.74) is -0.376. The highest BCUT2D eigenvalue weighted by Gasteiger charge is 2.26.